The van der Waals surface area contributed by atoms with Gasteiger partial charge in [0.2, 0.25) is 0 Å². The van der Waals surface area contributed by atoms with Crippen molar-refractivity contribution >= 4 is 5.97 Å². The number of methoxy groups -OCH3 is 1. The van der Waals surface area contributed by atoms with Crippen molar-refractivity contribution < 1.29 is 9.53 Å². The van der Waals surface area contributed by atoms with Crippen LogP contribution in [0.15, 0.2) is 0 Å². The summed E-state index contributed by atoms with van der Waals surface area (Å²) >= 11 is 0. The van der Waals surface area contributed by atoms with Crippen LogP contribution in [-0.2, 0) is 9.53 Å². The van der Waals surface area contributed by atoms with Crippen LogP contribution in [0.25, 0.3) is 0 Å². The highest BCUT2D eigenvalue weighted by atomic mass is 16.5. The molecular formula is C13H26N2O2. The Morgan fingerprint density at radius 1 is 1.29 bits per heavy atom. The number of nitrogens with one attached hydrogen (secondary N) is 1. The lowest BCUT2D eigenvalue weighted by molar-refractivity contribution is -0.143. The lowest BCUT2D eigenvalue weighted by atomic mass is 10.1. The maximum atomic E-state index is 11.6. The number of rotatable bonds is 6. The number of hydrogen-bond donors (Lipinski definition) is 1. The van der Waals surface area contributed by atoms with E-state index in [-0.39, 0.29) is 12.0 Å². The molecule has 0 saturated carbocycles. The molecule has 1 atom stereocenters. The molecular weight excluding hydrogens is 216 g/mol. The monoisotopic (exact) mass is 242 g/mol. The molecule has 0 spiro atoms. The molecule has 1 fully saturated rings. The van der Waals surface area contributed by atoms with Gasteiger partial charge in [-0.3, -0.25) is 4.79 Å². The smallest absolute Gasteiger partial charge is 0.322 e. The number of ether oxygens (including phenoxy) is 1. The van der Waals surface area contributed by atoms with E-state index >= 15 is 0 Å². The highest BCUT2D eigenvalue weighted by Gasteiger charge is 2.21. The zero-order valence-corrected chi connectivity index (χ0v) is 11.4. The Labute approximate surface area is 105 Å². The van der Waals surface area contributed by atoms with Gasteiger partial charge in [0, 0.05) is 12.6 Å². The average molecular weight is 242 g/mol. The summed E-state index contributed by atoms with van der Waals surface area (Å²) in [5, 5.41) is 3.27. The minimum absolute atomic E-state index is 0.143. The number of esters is 1. The summed E-state index contributed by atoms with van der Waals surface area (Å²) in [5.74, 6) is -0.143. The van der Waals surface area contributed by atoms with Crippen LogP contribution in [0.1, 0.15) is 39.5 Å². The number of piperidine rings is 1. The fourth-order valence-corrected chi connectivity index (χ4v) is 2.31. The van der Waals surface area contributed by atoms with Crippen LogP contribution in [0.5, 0.6) is 0 Å². The van der Waals surface area contributed by atoms with Gasteiger partial charge in [-0.2, -0.15) is 0 Å². The first kappa shape index (κ1) is 14.5. The summed E-state index contributed by atoms with van der Waals surface area (Å²) in [6.07, 6.45) is 4.77. The van der Waals surface area contributed by atoms with E-state index in [2.05, 4.69) is 24.1 Å². The Balaban J connectivity index is 2.34. The van der Waals surface area contributed by atoms with Crippen LogP contribution in [0.2, 0.25) is 0 Å². The maximum Gasteiger partial charge on any atom is 0.322 e. The van der Waals surface area contributed by atoms with Crippen molar-refractivity contribution in [2.75, 3.05) is 26.7 Å². The summed E-state index contributed by atoms with van der Waals surface area (Å²) in [7, 11) is 1.46. The first-order valence-corrected chi connectivity index (χ1v) is 6.69. The van der Waals surface area contributed by atoms with E-state index < -0.39 is 0 Å². The lowest BCUT2D eigenvalue weighted by Crippen LogP contribution is -2.44. The quantitative estimate of drug-likeness (QED) is 0.715. The van der Waals surface area contributed by atoms with Crippen molar-refractivity contribution in [3.05, 3.63) is 0 Å². The van der Waals surface area contributed by atoms with Crippen molar-refractivity contribution in [3.8, 4) is 0 Å². The number of likely N-dealkylation sites (tertiary alicyclic amines) is 1. The molecule has 0 bridgehead atoms. The SMILES string of the molecule is COC(=O)C(CCN1CCCCC1)NC(C)C. The molecule has 0 aromatic heterocycles. The molecule has 4 heteroatoms. The summed E-state index contributed by atoms with van der Waals surface area (Å²) in [4.78, 5) is 14.1. The van der Waals surface area contributed by atoms with E-state index in [4.69, 9.17) is 4.74 Å². The molecule has 1 heterocycles. The molecule has 0 aromatic carbocycles. The summed E-state index contributed by atoms with van der Waals surface area (Å²) < 4.78 is 4.83. The minimum Gasteiger partial charge on any atom is -0.468 e. The topological polar surface area (TPSA) is 41.6 Å². The van der Waals surface area contributed by atoms with Crippen LogP contribution < -0.4 is 5.32 Å². The van der Waals surface area contributed by atoms with Crippen LogP contribution in [-0.4, -0.2) is 49.7 Å². The van der Waals surface area contributed by atoms with Gasteiger partial charge in [0.15, 0.2) is 0 Å². The van der Waals surface area contributed by atoms with E-state index in [1.165, 1.54) is 39.5 Å². The molecule has 0 radical (unpaired) electrons. The van der Waals surface area contributed by atoms with Gasteiger partial charge in [0.1, 0.15) is 6.04 Å². The molecule has 1 saturated heterocycles. The summed E-state index contributed by atoms with van der Waals surface area (Å²) in [6, 6.07) is 0.141. The van der Waals surface area contributed by atoms with Crippen molar-refractivity contribution in [2.45, 2.75) is 51.6 Å². The van der Waals surface area contributed by atoms with Gasteiger partial charge >= 0.3 is 5.97 Å². The molecule has 4 nitrogen and oxygen atoms in total. The average Bonchev–Trinajstić information content (AvgIpc) is 2.34. The van der Waals surface area contributed by atoms with Crippen LogP contribution in [0, 0.1) is 0 Å². The Morgan fingerprint density at radius 2 is 1.94 bits per heavy atom. The van der Waals surface area contributed by atoms with Crippen LogP contribution >= 0.6 is 0 Å². The number of hydrogen-bond acceptors (Lipinski definition) is 4. The second-order valence-corrected chi connectivity index (χ2v) is 5.09. The largest absolute Gasteiger partial charge is 0.468 e. The normalized spacial score (nSPS) is 19.3. The first-order valence-electron chi connectivity index (χ1n) is 6.69. The van der Waals surface area contributed by atoms with Crippen molar-refractivity contribution in [2.24, 2.45) is 0 Å². The molecule has 17 heavy (non-hydrogen) atoms. The van der Waals surface area contributed by atoms with Gasteiger partial charge in [-0.25, -0.2) is 0 Å². The third kappa shape index (κ3) is 5.50. The van der Waals surface area contributed by atoms with E-state index in [1.807, 2.05) is 0 Å². The fourth-order valence-electron chi connectivity index (χ4n) is 2.31. The van der Waals surface area contributed by atoms with Crippen LogP contribution in [0.4, 0.5) is 0 Å². The van der Waals surface area contributed by atoms with E-state index in [9.17, 15) is 4.79 Å². The maximum absolute atomic E-state index is 11.6. The first-order chi connectivity index (χ1) is 8.13. The van der Waals surface area contributed by atoms with Gasteiger partial charge in [0.05, 0.1) is 7.11 Å². The van der Waals surface area contributed by atoms with Crippen molar-refractivity contribution in [3.63, 3.8) is 0 Å². The van der Waals surface area contributed by atoms with Gasteiger partial charge in [0.25, 0.3) is 0 Å². The van der Waals surface area contributed by atoms with Crippen molar-refractivity contribution in [1.82, 2.24) is 10.2 Å². The Morgan fingerprint density at radius 3 is 2.47 bits per heavy atom. The second kappa shape index (κ2) is 7.67. The summed E-state index contributed by atoms with van der Waals surface area (Å²) in [6.45, 7) is 7.44. The molecule has 1 N–H and O–H groups in total. The molecule has 1 rings (SSSR count). The third-order valence-corrected chi connectivity index (χ3v) is 3.20. The van der Waals surface area contributed by atoms with E-state index in [1.54, 1.807) is 0 Å². The highest BCUT2D eigenvalue weighted by Crippen LogP contribution is 2.10. The highest BCUT2D eigenvalue weighted by molar-refractivity contribution is 5.75. The summed E-state index contributed by atoms with van der Waals surface area (Å²) in [5.41, 5.74) is 0. The number of carbonyl (C=O) groups is 1. The molecule has 0 amide bonds. The van der Waals surface area contributed by atoms with Gasteiger partial charge in [-0.1, -0.05) is 20.3 Å². The molecule has 1 aliphatic rings. The lowest BCUT2D eigenvalue weighted by Gasteiger charge is -2.28. The second-order valence-electron chi connectivity index (χ2n) is 5.09. The minimum atomic E-state index is -0.165. The van der Waals surface area contributed by atoms with Gasteiger partial charge in [-0.05, 0) is 32.4 Å². The molecule has 1 unspecified atom stereocenters. The van der Waals surface area contributed by atoms with Gasteiger partial charge < -0.3 is 15.0 Å². The van der Waals surface area contributed by atoms with Crippen molar-refractivity contribution in [1.29, 1.82) is 0 Å². The van der Waals surface area contributed by atoms with Gasteiger partial charge in [-0.15, -0.1) is 0 Å². The molecule has 100 valence electrons. The molecule has 1 aliphatic heterocycles. The fraction of sp³-hybridized carbons (Fsp3) is 0.923. The zero-order valence-electron chi connectivity index (χ0n) is 11.4. The molecule has 0 aromatic rings. The van der Waals surface area contributed by atoms with E-state index in [0.29, 0.717) is 6.04 Å². The Bertz CT molecular complexity index is 225. The van der Waals surface area contributed by atoms with Crippen LogP contribution in [0.3, 0.4) is 0 Å². The Kier molecular flexibility index (Phi) is 6.52. The predicted octanol–water partition coefficient (Wildman–Crippen LogP) is 1.40. The molecule has 0 aliphatic carbocycles. The zero-order chi connectivity index (χ0) is 12.7. The predicted molar refractivity (Wildman–Crippen MR) is 69.0 cm³/mol. The Hall–Kier alpha value is -0.610. The standard InChI is InChI=1S/C13H26N2O2/c1-11(2)14-12(13(16)17-3)7-10-15-8-5-4-6-9-15/h11-12,14H,4-10H2,1-3H3. The number of nitrogens with zero attached hydrogens (tertiary/aromatic N) is 1. The van der Waals surface area contributed by atoms with E-state index in [0.717, 1.165) is 13.0 Å². The third-order valence-electron chi connectivity index (χ3n) is 3.20. The number of carbonyl (C=O) groups excluding carboxylic acids is 1.